The van der Waals surface area contributed by atoms with Gasteiger partial charge in [0.2, 0.25) is 0 Å². The SMILES string of the molecule is CC(=O)c1cc([N+](=O)[O-])ccc1Oc1cc(Cl)ccc1Cl. The number of carbonyl (C=O) groups excluding carboxylic acids is 1. The molecule has 0 spiro atoms. The van der Waals surface area contributed by atoms with Gasteiger partial charge in [0.15, 0.2) is 5.78 Å². The highest BCUT2D eigenvalue weighted by molar-refractivity contribution is 6.34. The van der Waals surface area contributed by atoms with E-state index in [0.29, 0.717) is 10.0 Å². The largest absolute Gasteiger partial charge is 0.455 e. The maximum absolute atomic E-state index is 11.6. The van der Waals surface area contributed by atoms with Gasteiger partial charge in [0, 0.05) is 23.2 Å². The van der Waals surface area contributed by atoms with Gasteiger partial charge in [-0.1, -0.05) is 23.2 Å². The van der Waals surface area contributed by atoms with Crippen molar-refractivity contribution in [3.63, 3.8) is 0 Å². The number of Topliss-reactive ketones (excluding diaryl/α,β-unsaturated/α-hetero) is 1. The molecule has 0 unspecified atom stereocenters. The van der Waals surface area contributed by atoms with Crippen molar-refractivity contribution in [1.29, 1.82) is 0 Å². The monoisotopic (exact) mass is 325 g/mol. The van der Waals surface area contributed by atoms with Gasteiger partial charge >= 0.3 is 0 Å². The topological polar surface area (TPSA) is 69.4 Å². The van der Waals surface area contributed by atoms with Crippen LogP contribution in [-0.2, 0) is 0 Å². The first-order valence-electron chi connectivity index (χ1n) is 5.81. The highest BCUT2D eigenvalue weighted by atomic mass is 35.5. The Bertz CT molecular complexity index is 731. The number of rotatable bonds is 4. The number of benzene rings is 2. The van der Waals surface area contributed by atoms with Gasteiger partial charge in [0.25, 0.3) is 5.69 Å². The van der Waals surface area contributed by atoms with Crippen molar-refractivity contribution in [3.05, 3.63) is 62.1 Å². The molecule has 0 radical (unpaired) electrons. The van der Waals surface area contributed by atoms with Crippen molar-refractivity contribution < 1.29 is 14.5 Å². The molecule has 21 heavy (non-hydrogen) atoms. The predicted octanol–water partition coefficient (Wildman–Crippen LogP) is 4.90. The first kappa shape index (κ1) is 15.3. The molecule has 0 amide bonds. The first-order chi connectivity index (χ1) is 9.88. The van der Waals surface area contributed by atoms with Crippen LogP contribution in [0.25, 0.3) is 0 Å². The minimum Gasteiger partial charge on any atom is -0.455 e. The van der Waals surface area contributed by atoms with E-state index in [1.807, 2.05) is 0 Å². The van der Waals surface area contributed by atoms with Crippen molar-refractivity contribution in [2.75, 3.05) is 0 Å². The molecule has 0 aliphatic rings. The zero-order valence-corrected chi connectivity index (χ0v) is 12.3. The predicted molar refractivity (Wildman–Crippen MR) is 79.6 cm³/mol. The fourth-order valence-corrected chi connectivity index (χ4v) is 1.99. The third kappa shape index (κ3) is 3.51. The number of ether oxygens (including phenoxy) is 1. The fourth-order valence-electron chi connectivity index (χ4n) is 1.67. The van der Waals surface area contributed by atoms with Crippen LogP contribution in [0.2, 0.25) is 10.0 Å². The van der Waals surface area contributed by atoms with Crippen LogP contribution in [0.3, 0.4) is 0 Å². The van der Waals surface area contributed by atoms with Crippen LogP contribution in [0.1, 0.15) is 17.3 Å². The van der Waals surface area contributed by atoms with Crippen molar-refractivity contribution in [2.24, 2.45) is 0 Å². The average Bonchev–Trinajstić information content (AvgIpc) is 2.42. The number of nitrogens with zero attached hydrogens (tertiary/aromatic N) is 1. The Labute approximate surface area is 130 Å². The maximum Gasteiger partial charge on any atom is 0.270 e. The van der Waals surface area contributed by atoms with Crippen LogP contribution < -0.4 is 4.74 Å². The van der Waals surface area contributed by atoms with Crippen LogP contribution in [-0.4, -0.2) is 10.7 Å². The lowest BCUT2D eigenvalue weighted by Crippen LogP contribution is -1.99. The van der Waals surface area contributed by atoms with Crippen LogP contribution in [0, 0.1) is 10.1 Å². The molecular weight excluding hydrogens is 317 g/mol. The van der Waals surface area contributed by atoms with E-state index in [4.69, 9.17) is 27.9 Å². The number of ketones is 1. The summed E-state index contributed by atoms with van der Waals surface area (Å²) < 4.78 is 5.56. The lowest BCUT2D eigenvalue weighted by atomic mass is 10.1. The highest BCUT2D eigenvalue weighted by Gasteiger charge is 2.16. The minimum absolute atomic E-state index is 0.0974. The zero-order valence-electron chi connectivity index (χ0n) is 10.8. The van der Waals surface area contributed by atoms with Crippen LogP contribution >= 0.6 is 23.2 Å². The summed E-state index contributed by atoms with van der Waals surface area (Å²) in [7, 11) is 0. The van der Waals surface area contributed by atoms with Crippen LogP contribution in [0.15, 0.2) is 36.4 Å². The molecule has 2 aromatic rings. The molecule has 0 bridgehead atoms. The Balaban J connectivity index is 2.46. The number of carbonyl (C=O) groups is 1. The number of hydrogen-bond acceptors (Lipinski definition) is 4. The normalized spacial score (nSPS) is 10.2. The lowest BCUT2D eigenvalue weighted by molar-refractivity contribution is -0.384. The summed E-state index contributed by atoms with van der Waals surface area (Å²) in [4.78, 5) is 21.8. The van der Waals surface area contributed by atoms with E-state index in [0.717, 1.165) is 6.07 Å². The molecule has 0 aliphatic heterocycles. The molecule has 0 atom stereocenters. The van der Waals surface area contributed by atoms with E-state index in [2.05, 4.69) is 0 Å². The zero-order chi connectivity index (χ0) is 15.6. The second-order valence-electron chi connectivity index (χ2n) is 4.17. The second kappa shape index (κ2) is 6.11. The molecule has 108 valence electrons. The summed E-state index contributed by atoms with van der Waals surface area (Å²) in [6.07, 6.45) is 0. The summed E-state index contributed by atoms with van der Waals surface area (Å²) >= 11 is 11.8. The Morgan fingerprint density at radius 1 is 1.14 bits per heavy atom. The molecule has 0 aliphatic carbocycles. The quantitative estimate of drug-likeness (QED) is 0.455. The minimum atomic E-state index is -0.581. The van der Waals surface area contributed by atoms with E-state index in [9.17, 15) is 14.9 Å². The third-order valence-electron chi connectivity index (χ3n) is 2.67. The summed E-state index contributed by atoms with van der Waals surface area (Å²) in [5, 5.41) is 11.5. The standard InChI is InChI=1S/C14H9Cl2NO4/c1-8(18)11-7-10(17(19)20)3-5-13(11)21-14-6-9(15)2-4-12(14)16/h2-7H,1H3. The third-order valence-corrected chi connectivity index (χ3v) is 3.21. The van der Waals surface area contributed by atoms with Gasteiger partial charge in [-0.25, -0.2) is 0 Å². The Morgan fingerprint density at radius 2 is 1.86 bits per heavy atom. The molecule has 2 aromatic carbocycles. The van der Waals surface area contributed by atoms with Gasteiger partial charge < -0.3 is 4.74 Å². The first-order valence-corrected chi connectivity index (χ1v) is 6.56. The average molecular weight is 326 g/mol. The molecule has 0 N–H and O–H groups in total. The molecule has 0 heterocycles. The lowest BCUT2D eigenvalue weighted by Gasteiger charge is -2.11. The molecule has 0 saturated carbocycles. The number of nitro groups is 1. The summed E-state index contributed by atoms with van der Waals surface area (Å²) in [6, 6.07) is 8.41. The van der Waals surface area contributed by atoms with E-state index in [1.165, 1.54) is 25.1 Å². The van der Waals surface area contributed by atoms with Gasteiger partial charge in [-0.3, -0.25) is 14.9 Å². The molecular formula is C14H9Cl2NO4. The molecule has 7 heteroatoms. The molecule has 2 rings (SSSR count). The van der Waals surface area contributed by atoms with Gasteiger partial charge in [-0.05, 0) is 25.1 Å². The summed E-state index contributed by atoms with van der Waals surface area (Å²) in [5.41, 5.74) is -0.0926. The van der Waals surface area contributed by atoms with E-state index < -0.39 is 4.92 Å². The molecule has 0 aromatic heterocycles. The Hall–Kier alpha value is -2.11. The number of halogens is 2. The molecule has 5 nitrogen and oxygen atoms in total. The summed E-state index contributed by atoms with van der Waals surface area (Å²) in [6.45, 7) is 1.30. The van der Waals surface area contributed by atoms with Crippen molar-refractivity contribution >= 4 is 34.7 Å². The summed E-state index contributed by atoms with van der Waals surface area (Å²) in [5.74, 6) is 0.0876. The second-order valence-corrected chi connectivity index (χ2v) is 5.01. The van der Waals surface area contributed by atoms with E-state index >= 15 is 0 Å². The number of nitro benzene ring substituents is 1. The Kier molecular flexibility index (Phi) is 4.45. The van der Waals surface area contributed by atoms with Crippen LogP contribution in [0.5, 0.6) is 11.5 Å². The van der Waals surface area contributed by atoms with E-state index in [1.54, 1.807) is 12.1 Å². The van der Waals surface area contributed by atoms with Crippen LogP contribution in [0.4, 0.5) is 5.69 Å². The number of non-ortho nitro benzene ring substituents is 1. The Morgan fingerprint density at radius 3 is 2.48 bits per heavy atom. The smallest absolute Gasteiger partial charge is 0.270 e. The van der Waals surface area contributed by atoms with Crippen molar-refractivity contribution in [1.82, 2.24) is 0 Å². The number of hydrogen-bond donors (Lipinski definition) is 0. The van der Waals surface area contributed by atoms with E-state index in [-0.39, 0.29) is 28.5 Å². The fraction of sp³-hybridized carbons (Fsp3) is 0.0714. The van der Waals surface area contributed by atoms with Crippen molar-refractivity contribution in [2.45, 2.75) is 6.92 Å². The van der Waals surface area contributed by atoms with Gasteiger partial charge in [-0.15, -0.1) is 0 Å². The highest BCUT2D eigenvalue weighted by Crippen LogP contribution is 2.34. The van der Waals surface area contributed by atoms with Crippen molar-refractivity contribution in [3.8, 4) is 11.5 Å². The van der Waals surface area contributed by atoms with Gasteiger partial charge in [-0.2, -0.15) is 0 Å². The molecule has 0 saturated heterocycles. The van der Waals surface area contributed by atoms with Gasteiger partial charge in [0.1, 0.15) is 11.5 Å². The van der Waals surface area contributed by atoms with Gasteiger partial charge in [0.05, 0.1) is 15.5 Å². The molecule has 0 fully saturated rings. The maximum atomic E-state index is 11.6.